The Hall–Kier alpha value is -2.99. The molecular formula is C28H33N3O2S. The molecule has 0 saturated carbocycles. The molecule has 0 aliphatic carbocycles. The van der Waals surface area contributed by atoms with Gasteiger partial charge < -0.3 is 9.84 Å². The SMILES string of the molecule is CCCCCCc1nc(-c2ccc(C)cc2)sc1CCc1noc2cc(NC(C)=O)c(C)cc12. The van der Waals surface area contributed by atoms with E-state index in [1.165, 1.54) is 54.3 Å². The Morgan fingerprint density at radius 1 is 1.00 bits per heavy atom. The van der Waals surface area contributed by atoms with Gasteiger partial charge in [-0.05, 0) is 51.2 Å². The zero-order valence-electron chi connectivity index (χ0n) is 20.5. The van der Waals surface area contributed by atoms with Crippen molar-refractivity contribution in [3.05, 3.63) is 63.8 Å². The average molecular weight is 476 g/mol. The fourth-order valence-electron chi connectivity index (χ4n) is 4.19. The lowest BCUT2D eigenvalue weighted by Gasteiger charge is -2.06. The lowest BCUT2D eigenvalue weighted by Crippen LogP contribution is -2.06. The van der Waals surface area contributed by atoms with E-state index in [1.54, 1.807) is 11.3 Å². The lowest BCUT2D eigenvalue weighted by atomic mass is 10.0. The normalized spacial score (nSPS) is 11.3. The summed E-state index contributed by atoms with van der Waals surface area (Å²) in [5, 5.41) is 9.33. The molecule has 0 bridgehead atoms. The van der Waals surface area contributed by atoms with Crippen molar-refractivity contribution in [1.29, 1.82) is 0 Å². The van der Waals surface area contributed by atoms with Crippen molar-refractivity contribution in [2.45, 2.75) is 72.6 Å². The highest BCUT2D eigenvalue weighted by atomic mass is 32.1. The van der Waals surface area contributed by atoms with Crippen LogP contribution in [0.1, 0.15) is 66.9 Å². The molecule has 0 saturated heterocycles. The number of amides is 1. The number of hydrogen-bond acceptors (Lipinski definition) is 5. The van der Waals surface area contributed by atoms with Crippen LogP contribution in [0.2, 0.25) is 0 Å². The van der Waals surface area contributed by atoms with E-state index in [9.17, 15) is 4.79 Å². The fourth-order valence-corrected chi connectivity index (χ4v) is 5.30. The Bertz CT molecular complexity index is 1270. The van der Waals surface area contributed by atoms with Crippen molar-refractivity contribution in [3.63, 3.8) is 0 Å². The molecule has 0 aliphatic heterocycles. The zero-order chi connectivity index (χ0) is 24.1. The Morgan fingerprint density at radius 3 is 2.53 bits per heavy atom. The number of anilines is 1. The molecule has 2 heterocycles. The number of rotatable bonds is 10. The maximum absolute atomic E-state index is 11.5. The van der Waals surface area contributed by atoms with Gasteiger partial charge in [0.05, 0.1) is 11.4 Å². The number of aryl methyl sites for hydroxylation is 5. The third-order valence-corrected chi connectivity index (χ3v) is 7.34. The van der Waals surface area contributed by atoms with Crippen LogP contribution >= 0.6 is 11.3 Å². The van der Waals surface area contributed by atoms with Gasteiger partial charge in [0.2, 0.25) is 5.91 Å². The summed E-state index contributed by atoms with van der Waals surface area (Å²) in [7, 11) is 0. The number of nitrogens with one attached hydrogen (secondary N) is 1. The molecule has 1 amide bonds. The number of fused-ring (bicyclic) bond motifs is 1. The molecule has 5 nitrogen and oxygen atoms in total. The standard InChI is InChI=1S/C28H33N3O2S/c1-5-6-7-8-9-24-27(34-28(30-24)21-12-10-18(2)11-13-21)15-14-23-22-16-19(3)25(29-20(4)32)17-26(22)33-31-23/h10-13,16-17H,5-9,14-15H2,1-4H3,(H,29,32). The second-order valence-electron chi connectivity index (χ2n) is 9.04. The molecule has 0 spiro atoms. The van der Waals surface area contributed by atoms with Crippen molar-refractivity contribution in [2.24, 2.45) is 0 Å². The number of hydrogen-bond donors (Lipinski definition) is 1. The number of carbonyl (C=O) groups excluding carboxylic acids is 1. The van der Waals surface area contributed by atoms with E-state index < -0.39 is 0 Å². The van der Waals surface area contributed by atoms with Crippen LogP contribution in [-0.4, -0.2) is 16.0 Å². The van der Waals surface area contributed by atoms with Gasteiger partial charge in [0.1, 0.15) is 5.01 Å². The summed E-state index contributed by atoms with van der Waals surface area (Å²) in [6.45, 7) is 7.86. The number of thiazole rings is 1. The first kappa shape index (κ1) is 24.1. The van der Waals surface area contributed by atoms with E-state index in [-0.39, 0.29) is 5.91 Å². The Kier molecular flexibility index (Phi) is 7.78. The number of nitrogens with zero attached hydrogens (tertiary/aromatic N) is 2. The Labute approximate surface area is 205 Å². The van der Waals surface area contributed by atoms with Crippen molar-refractivity contribution < 1.29 is 9.32 Å². The molecule has 0 radical (unpaired) electrons. The maximum Gasteiger partial charge on any atom is 0.221 e. The van der Waals surface area contributed by atoms with Gasteiger partial charge >= 0.3 is 0 Å². The van der Waals surface area contributed by atoms with Gasteiger partial charge in [0, 0.05) is 34.5 Å². The Morgan fingerprint density at radius 2 is 1.79 bits per heavy atom. The van der Waals surface area contributed by atoms with Crippen molar-refractivity contribution in [2.75, 3.05) is 5.32 Å². The second kappa shape index (κ2) is 11.0. The van der Waals surface area contributed by atoms with Crippen LogP contribution in [0.5, 0.6) is 0 Å². The molecule has 4 aromatic rings. The first-order valence-electron chi connectivity index (χ1n) is 12.2. The summed E-state index contributed by atoms with van der Waals surface area (Å²) < 4.78 is 5.61. The van der Waals surface area contributed by atoms with E-state index >= 15 is 0 Å². The highest BCUT2D eigenvalue weighted by Crippen LogP contribution is 2.32. The van der Waals surface area contributed by atoms with Crippen molar-refractivity contribution in [1.82, 2.24) is 10.1 Å². The van der Waals surface area contributed by atoms with E-state index in [0.29, 0.717) is 5.58 Å². The molecule has 0 fully saturated rings. The van der Waals surface area contributed by atoms with Crippen LogP contribution in [0, 0.1) is 13.8 Å². The summed E-state index contributed by atoms with van der Waals surface area (Å²) in [4.78, 5) is 17.9. The van der Waals surface area contributed by atoms with Crippen LogP contribution in [-0.2, 0) is 24.1 Å². The minimum absolute atomic E-state index is 0.0942. The van der Waals surface area contributed by atoms with Gasteiger partial charge in [-0.15, -0.1) is 11.3 Å². The maximum atomic E-state index is 11.5. The minimum Gasteiger partial charge on any atom is -0.356 e. The molecule has 2 aromatic heterocycles. The quantitative estimate of drug-likeness (QED) is 0.242. The largest absolute Gasteiger partial charge is 0.356 e. The molecule has 1 N–H and O–H groups in total. The molecule has 2 aromatic carbocycles. The number of unbranched alkanes of at least 4 members (excludes halogenated alkanes) is 3. The summed E-state index contributed by atoms with van der Waals surface area (Å²) in [6, 6.07) is 12.6. The summed E-state index contributed by atoms with van der Waals surface area (Å²) in [5.41, 5.74) is 7.10. The number of aromatic nitrogens is 2. The van der Waals surface area contributed by atoms with E-state index in [1.807, 2.05) is 13.0 Å². The summed E-state index contributed by atoms with van der Waals surface area (Å²) >= 11 is 1.80. The number of benzene rings is 2. The highest BCUT2D eigenvalue weighted by Gasteiger charge is 2.16. The first-order chi connectivity index (χ1) is 16.4. The van der Waals surface area contributed by atoms with Gasteiger partial charge in [0.25, 0.3) is 0 Å². The van der Waals surface area contributed by atoms with Gasteiger partial charge in [-0.25, -0.2) is 4.98 Å². The minimum atomic E-state index is -0.0942. The average Bonchev–Trinajstić information content (AvgIpc) is 3.39. The van der Waals surface area contributed by atoms with E-state index in [0.717, 1.165) is 46.6 Å². The molecular weight excluding hydrogens is 442 g/mol. The number of carbonyl (C=O) groups is 1. The summed E-state index contributed by atoms with van der Waals surface area (Å²) in [6.07, 6.45) is 7.64. The van der Waals surface area contributed by atoms with Gasteiger partial charge in [0.15, 0.2) is 5.58 Å². The predicted molar refractivity (Wildman–Crippen MR) is 141 cm³/mol. The van der Waals surface area contributed by atoms with Crippen molar-refractivity contribution in [3.8, 4) is 10.6 Å². The van der Waals surface area contributed by atoms with Gasteiger partial charge in [-0.1, -0.05) is 61.2 Å². The van der Waals surface area contributed by atoms with Gasteiger partial charge in [-0.3, -0.25) is 4.79 Å². The van der Waals surface area contributed by atoms with E-state index in [4.69, 9.17) is 9.51 Å². The molecule has 0 unspecified atom stereocenters. The third-order valence-electron chi connectivity index (χ3n) is 6.14. The monoisotopic (exact) mass is 475 g/mol. The molecule has 34 heavy (non-hydrogen) atoms. The van der Waals surface area contributed by atoms with Crippen LogP contribution in [0.15, 0.2) is 40.9 Å². The molecule has 0 atom stereocenters. The van der Waals surface area contributed by atoms with Crippen LogP contribution in [0.25, 0.3) is 21.5 Å². The molecule has 178 valence electrons. The molecule has 0 aliphatic rings. The topological polar surface area (TPSA) is 68.0 Å². The second-order valence-corrected chi connectivity index (χ2v) is 10.1. The first-order valence-corrected chi connectivity index (χ1v) is 13.0. The molecule has 4 rings (SSSR count). The fraction of sp³-hybridized carbons (Fsp3) is 0.393. The van der Waals surface area contributed by atoms with Crippen molar-refractivity contribution >= 4 is 33.9 Å². The summed E-state index contributed by atoms with van der Waals surface area (Å²) in [5.74, 6) is -0.0942. The van der Waals surface area contributed by atoms with Crippen LogP contribution in [0.4, 0.5) is 5.69 Å². The predicted octanol–water partition coefficient (Wildman–Crippen LogP) is 7.43. The van der Waals surface area contributed by atoms with Crippen LogP contribution < -0.4 is 5.32 Å². The lowest BCUT2D eigenvalue weighted by molar-refractivity contribution is -0.114. The van der Waals surface area contributed by atoms with Gasteiger partial charge in [-0.2, -0.15) is 0 Å². The van der Waals surface area contributed by atoms with E-state index in [2.05, 4.69) is 54.7 Å². The smallest absolute Gasteiger partial charge is 0.221 e. The highest BCUT2D eigenvalue weighted by molar-refractivity contribution is 7.15. The Balaban J connectivity index is 1.56. The zero-order valence-corrected chi connectivity index (χ0v) is 21.3. The molecule has 6 heteroatoms. The van der Waals surface area contributed by atoms with Crippen LogP contribution in [0.3, 0.4) is 0 Å². The third kappa shape index (κ3) is 5.73.